The zero-order valence-electron chi connectivity index (χ0n) is 16.0. The Hall–Kier alpha value is -3.66. The molecule has 4 nitrogen and oxygen atoms in total. The second-order valence-electron chi connectivity index (χ2n) is 7.54. The predicted molar refractivity (Wildman–Crippen MR) is 115 cm³/mol. The maximum Gasteiger partial charge on any atom is 0.339 e. The molecule has 0 saturated carbocycles. The minimum atomic E-state index is -0.940. The van der Waals surface area contributed by atoms with Gasteiger partial charge in [0.1, 0.15) is 0 Å². The predicted octanol–water partition coefficient (Wildman–Crippen LogP) is 6.00. The van der Waals surface area contributed by atoms with Gasteiger partial charge in [0.15, 0.2) is 0 Å². The van der Waals surface area contributed by atoms with E-state index in [1.165, 1.54) is 0 Å². The molecule has 5 aromatic rings. The highest BCUT2D eigenvalue weighted by Gasteiger charge is 2.20. The molecule has 4 heteroatoms. The monoisotopic (exact) mass is 382 g/mol. The van der Waals surface area contributed by atoms with Crippen molar-refractivity contribution < 1.29 is 19.4 Å². The van der Waals surface area contributed by atoms with E-state index in [9.17, 15) is 14.7 Å². The Kier molecular flexibility index (Phi) is 3.71. The highest BCUT2D eigenvalue weighted by atomic mass is 16.5. The summed E-state index contributed by atoms with van der Waals surface area (Å²) >= 11 is 0. The van der Waals surface area contributed by atoms with Gasteiger partial charge in [-0.05, 0) is 69.1 Å². The molecule has 0 saturated heterocycles. The lowest BCUT2D eigenvalue weighted by molar-refractivity contribution is 0.0380. The SMILES string of the molecule is CC(C)OC(=O)c1ccc2c3cccc4c(C(=O)O)ccc(c5cccc1c52)c43. The van der Waals surface area contributed by atoms with E-state index in [4.69, 9.17) is 4.74 Å². The maximum atomic E-state index is 12.7. The summed E-state index contributed by atoms with van der Waals surface area (Å²) in [7, 11) is 0. The minimum Gasteiger partial charge on any atom is -0.478 e. The summed E-state index contributed by atoms with van der Waals surface area (Å²) in [4.78, 5) is 24.4. The number of esters is 1. The van der Waals surface area contributed by atoms with Gasteiger partial charge in [-0.25, -0.2) is 9.59 Å². The second kappa shape index (κ2) is 6.17. The van der Waals surface area contributed by atoms with Crippen LogP contribution in [0.3, 0.4) is 0 Å². The number of carboxylic acid groups (broad SMARTS) is 1. The first-order valence-electron chi connectivity index (χ1n) is 9.54. The summed E-state index contributed by atoms with van der Waals surface area (Å²) in [6.45, 7) is 3.67. The van der Waals surface area contributed by atoms with Crippen LogP contribution in [0.1, 0.15) is 34.6 Å². The van der Waals surface area contributed by atoms with E-state index in [1.54, 1.807) is 12.1 Å². The fourth-order valence-corrected chi connectivity index (χ4v) is 4.35. The zero-order chi connectivity index (χ0) is 20.3. The van der Waals surface area contributed by atoms with Crippen LogP contribution in [0, 0.1) is 0 Å². The summed E-state index contributed by atoms with van der Waals surface area (Å²) in [5, 5.41) is 17.1. The molecule has 0 amide bonds. The fraction of sp³-hybridized carbons (Fsp3) is 0.120. The third kappa shape index (κ3) is 2.46. The number of aromatic carboxylic acids is 1. The Bertz CT molecular complexity index is 1430. The highest BCUT2D eigenvalue weighted by molar-refractivity contribution is 6.35. The van der Waals surface area contributed by atoms with E-state index < -0.39 is 5.97 Å². The molecule has 0 bridgehead atoms. The number of fused-ring (bicyclic) bond motifs is 2. The van der Waals surface area contributed by atoms with Crippen LogP contribution in [0.2, 0.25) is 0 Å². The first-order valence-corrected chi connectivity index (χ1v) is 9.54. The molecular weight excluding hydrogens is 364 g/mol. The quantitative estimate of drug-likeness (QED) is 0.236. The van der Waals surface area contributed by atoms with Gasteiger partial charge in [-0.3, -0.25) is 0 Å². The molecule has 0 aliphatic rings. The van der Waals surface area contributed by atoms with Crippen molar-refractivity contribution in [1.29, 1.82) is 0 Å². The lowest BCUT2D eigenvalue weighted by Gasteiger charge is -2.17. The topological polar surface area (TPSA) is 63.6 Å². The van der Waals surface area contributed by atoms with E-state index >= 15 is 0 Å². The largest absolute Gasteiger partial charge is 0.478 e. The Labute approximate surface area is 166 Å². The van der Waals surface area contributed by atoms with Crippen molar-refractivity contribution in [2.75, 3.05) is 0 Å². The van der Waals surface area contributed by atoms with Gasteiger partial charge in [0.2, 0.25) is 0 Å². The normalized spacial score (nSPS) is 11.8. The molecule has 0 heterocycles. The summed E-state index contributed by atoms with van der Waals surface area (Å²) in [6.07, 6.45) is -0.197. The highest BCUT2D eigenvalue weighted by Crippen LogP contribution is 2.41. The molecule has 0 fully saturated rings. The average Bonchev–Trinajstić information content (AvgIpc) is 2.70. The molecule has 29 heavy (non-hydrogen) atoms. The molecule has 0 aromatic heterocycles. The van der Waals surface area contributed by atoms with Crippen molar-refractivity contribution in [2.24, 2.45) is 0 Å². The second-order valence-corrected chi connectivity index (χ2v) is 7.54. The molecule has 0 unspecified atom stereocenters. The van der Waals surface area contributed by atoms with Crippen LogP contribution in [0.4, 0.5) is 0 Å². The molecule has 0 spiro atoms. The summed E-state index contributed by atoms with van der Waals surface area (Å²) in [5.74, 6) is -1.28. The number of benzene rings is 5. The zero-order valence-corrected chi connectivity index (χ0v) is 16.0. The Balaban J connectivity index is 1.98. The van der Waals surface area contributed by atoms with Crippen molar-refractivity contribution in [2.45, 2.75) is 20.0 Å². The molecule has 142 valence electrons. The van der Waals surface area contributed by atoms with Crippen molar-refractivity contribution >= 4 is 55.0 Å². The standard InChI is InChI=1S/C25H18O4/c1-13(2)29-25(28)21-12-10-19-14-5-3-7-16-20(24(26)27)11-9-18(22(14)16)15-6-4-8-17(21)23(15)19/h3-13H,1-2H3,(H,26,27). The lowest BCUT2D eigenvalue weighted by Crippen LogP contribution is -2.12. The number of carbonyl (C=O) groups is 2. The van der Waals surface area contributed by atoms with E-state index in [-0.39, 0.29) is 12.1 Å². The number of ether oxygens (including phenoxy) is 1. The number of hydrogen-bond donors (Lipinski definition) is 1. The third-order valence-corrected chi connectivity index (χ3v) is 5.45. The molecule has 5 aromatic carbocycles. The van der Waals surface area contributed by atoms with Crippen LogP contribution in [0.15, 0.2) is 60.7 Å². The van der Waals surface area contributed by atoms with Crippen molar-refractivity contribution in [3.63, 3.8) is 0 Å². The summed E-state index contributed by atoms with van der Waals surface area (Å²) in [6, 6.07) is 18.9. The third-order valence-electron chi connectivity index (χ3n) is 5.45. The number of carboxylic acids is 1. The molecule has 0 aliphatic heterocycles. The number of rotatable bonds is 3. The van der Waals surface area contributed by atoms with E-state index in [0.717, 1.165) is 43.1 Å². The van der Waals surface area contributed by atoms with Crippen LogP contribution >= 0.6 is 0 Å². The molecule has 5 rings (SSSR count). The van der Waals surface area contributed by atoms with E-state index in [0.29, 0.717) is 11.1 Å². The van der Waals surface area contributed by atoms with Crippen molar-refractivity contribution in [3.05, 3.63) is 71.8 Å². The maximum absolute atomic E-state index is 12.7. The van der Waals surface area contributed by atoms with Crippen LogP contribution in [-0.4, -0.2) is 23.1 Å². The van der Waals surface area contributed by atoms with E-state index in [1.807, 2.05) is 62.4 Å². The van der Waals surface area contributed by atoms with Crippen LogP contribution < -0.4 is 0 Å². The van der Waals surface area contributed by atoms with Gasteiger partial charge in [-0.1, -0.05) is 48.5 Å². The van der Waals surface area contributed by atoms with Crippen LogP contribution in [-0.2, 0) is 4.74 Å². The summed E-state index contributed by atoms with van der Waals surface area (Å²) in [5.41, 5.74) is 0.829. The molecular formula is C25H18O4. The molecule has 0 atom stereocenters. The first-order chi connectivity index (χ1) is 14.0. The van der Waals surface area contributed by atoms with Crippen molar-refractivity contribution in [3.8, 4) is 0 Å². The molecule has 1 N–H and O–H groups in total. The van der Waals surface area contributed by atoms with Gasteiger partial charge in [-0.15, -0.1) is 0 Å². The average molecular weight is 382 g/mol. The number of carbonyl (C=O) groups excluding carboxylic acids is 1. The van der Waals surface area contributed by atoms with Crippen LogP contribution in [0.5, 0.6) is 0 Å². The Morgan fingerprint density at radius 3 is 1.66 bits per heavy atom. The Morgan fingerprint density at radius 2 is 1.14 bits per heavy atom. The minimum absolute atomic E-state index is 0.197. The molecule has 0 aliphatic carbocycles. The van der Waals surface area contributed by atoms with Gasteiger partial charge in [0.05, 0.1) is 17.2 Å². The molecule has 0 radical (unpaired) electrons. The van der Waals surface area contributed by atoms with Crippen LogP contribution in [0.25, 0.3) is 43.1 Å². The number of hydrogen-bond acceptors (Lipinski definition) is 3. The van der Waals surface area contributed by atoms with Gasteiger partial charge >= 0.3 is 11.9 Å². The van der Waals surface area contributed by atoms with E-state index in [2.05, 4.69) is 0 Å². The van der Waals surface area contributed by atoms with Gasteiger partial charge in [0.25, 0.3) is 0 Å². The van der Waals surface area contributed by atoms with Crippen molar-refractivity contribution in [1.82, 2.24) is 0 Å². The fourth-order valence-electron chi connectivity index (χ4n) is 4.35. The lowest BCUT2D eigenvalue weighted by atomic mass is 9.87. The first kappa shape index (κ1) is 17.4. The van der Waals surface area contributed by atoms with Gasteiger partial charge in [0, 0.05) is 0 Å². The van der Waals surface area contributed by atoms with Gasteiger partial charge in [-0.2, -0.15) is 0 Å². The summed E-state index contributed by atoms with van der Waals surface area (Å²) < 4.78 is 5.44. The van der Waals surface area contributed by atoms with Gasteiger partial charge < -0.3 is 9.84 Å². The Morgan fingerprint density at radius 1 is 0.690 bits per heavy atom. The smallest absolute Gasteiger partial charge is 0.339 e.